The first-order chi connectivity index (χ1) is 9.55. The molecule has 1 fully saturated rings. The molecule has 2 atom stereocenters. The third-order valence-corrected chi connectivity index (χ3v) is 3.84. The first-order valence-corrected chi connectivity index (χ1v) is 7.75. The lowest BCUT2D eigenvalue weighted by Crippen LogP contribution is -2.58. The molecule has 5 heteroatoms. The van der Waals surface area contributed by atoms with Crippen LogP contribution in [0.4, 0.5) is 0 Å². The summed E-state index contributed by atoms with van der Waals surface area (Å²) in [6.07, 6.45) is 3.59. The zero-order valence-corrected chi connectivity index (χ0v) is 13.4. The Morgan fingerprint density at radius 2 is 2.20 bits per heavy atom. The van der Waals surface area contributed by atoms with Crippen LogP contribution in [0.3, 0.4) is 0 Å². The summed E-state index contributed by atoms with van der Waals surface area (Å²) in [7, 11) is 1.81. The third-order valence-electron chi connectivity index (χ3n) is 3.84. The smallest absolute Gasteiger partial charge is 0.327 e. The quantitative estimate of drug-likeness (QED) is 0.684. The molecular formula is C15H30N2O3. The Balaban J connectivity index is 2.53. The minimum absolute atomic E-state index is 0.181. The molecule has 5 nitrogen and oxygen atoms in total. The van der Waals surface area contributed by atoms with Gasteiger partial charge in [-0.2, -0.15) is 0 Å². The maximum absolute atomic E-state index is 12.1. The lowest BCUT2D eigenvalue weighted by atomic mass is 9.99. The van der Waals surface area contributed by atoms with E-state index in [4.69, 9.17) is 9.47 Å². The average Bonchev–Trinajstić information content (AvgIpc) is 2.45. The summed E-state index contributed by atoms with van der Waals surface area (Å²) in [5.74, 6) is -0.181. The zero-order valence-electron chi connectivity index (χ0n) is 13.4. The number of esters is 1. The summed E-state index contributed by atoms with van der Waals surface area (Å²) >= 11 is 0. The Kier molecular flexibility index (Phi) is 7.48. The molecule has 118 valence electrons. The van der Waals surface area contributed by atoms with Crippen LogP contribution >= 0.6 is 0 Å². The predicted molar refractivity (Wildman–Crippen MR) is 79.8 cm³/mol. The number of likely N-dealkylation sites (N-methyl/N-ethyl adjacent to an activating group) is 1. The van der Waals surface area contributed by atoms with Crippen molar-refractivity contribution in [2.24, 2.45) is 0 Å². The van der Waals surface area contributed by atoms with Gasteiger partial charge in [-0.3, -0.25) is 9.69 Å². The van der Waals surface area contributed by atoms with Gasteiger partial charge < -0.3 is 14.8 Å². The molecule has 1 rings (SSSR count). The molecule has 1 N–H and O–H groups in total. The molecule has 2 unspecified atom stereocenters. The van der Waals surface area contributed by atoms with E-state index in [1.807, 2.05) is 20.9 Å². The van der Waals surface area contributed by atoms with Crippen LogP contribution in [0.5, 0.6) is 0 Å². The van der Waals surface area contributed by atoms with Crippen molar-refractivity contribution in [3.8, 4) is 0 Å². The van der Waals surface area contributed by atoms with Gasteiger partial charge in [0.15, 0.2) is 0 Å². The molecule has 0 aromatic heterocycles. The van der Waals surface area contributed by atoms with Gasteiger partial charge in [0.05, 0.1) is 12.7 Å². The van der Waals surface area contributed by atoms with Crippen molar-refractivity contribution >= 4 is 5.97 Å². The SMILES string of the molecule is CCCOC1CCCN(CC(C)(NC)C(=O)OCC)C1. The second kappa shape index (κ2) is 8.60. The van der Waals surface area contributed by atoms with E-state index in [9.17, 15) is 4.79 Å². The van der Waals surface area contributed by atoms with E-state index in [1.54, 1.807) is 0 Å². The summed E-state index contributed by atoms with van der Waals surface area (Å²) < 4.78 is 11.0. The van der Waals surface area contributed by atoms with Crippen molar-refractivity contribution in [3.05, 3.63) is 0 Å². The van der Waals surface area contributed by atoms with Gasteiger partial charge >= 0.3 is 5.97 Å². The van der Waals surface area contributed by atoms with Crippen molar-refractivity contribution in [2.45, 2.75) is 51.7 Å². The Morgan fingerprint density at radius 1 is 1.45 bits per heavy atom. The summed E-state index contributed by atoms with van der Waals surface area (Å²) in [6, 6.07) is 0. The van der Waals surface area contributed by atoms with Gasteiger partial charge in [-0.25, -0.2) is 0 Å². The monoisotopic (exact) mass is 286 g/mol. The minimum Gasteiger partial charge on any atom is -0.465 e. The number of carbonyl (C=O) groups is 1. The van der Waals surface area contributed by atoms with E-state index in [-0.39, 0.29) is 5.97 Å². The molecule has 1 aliphatic rings. The van der Waals surface area contributed by atoms with E-state index in [2.05, 4.69) is 17.1 Å². The van der Waals surface area contributed by atoms with Crippen LogP contribution in [0.15, 0.2) is 0 Å². The number of rotatable bonds is 8. The standard InChI is InChI=1S/C15H30N2O3/c1-5-10-20-13-8-7-9-17(11-13)12-15(3,16-4)14(18)19-6-2/h13,16H,5-12H2,1-4H3. The number of hydrogen-bond donors (Lipinski definition) is 1. The van der Waals surface area contributed by atoms with Crippen LogP contribution in [-0.4, -0.2) is 62.4 Å². The fourth-order valence-corrected chi connectivity index (χ4v) is 2.56. The van der Waals surface area contributed by atoms with Gasteiger partial charge in [0, 0.05) is 19.7 Å². The Bertz CT molecular complexity index is 299. The molecule has 1 aliphatic heterocycles. The number of nitrogens with zero attached hydrogens (tertiary/aromatic N) is 1. The molecule has 0 bridgehead atoms. The number of carbonyl (C=O) groups excluding carboxylic acids is 1. The molecule has 1 heterocycles. The maximum Gasteiger partial charge on any atom is 0.327 e. The second-order valence-electron chi connectivity index (χ2n) is 5.67. The van der Waals surface area contributed by atoms with Crippen molar-refractivity contribution in [1.82, 2.24) is 10.2 Å². The number of nitrogens with one attached hydrogen (secondary N) is 1. The molecule has 0 aromatic rings. The second-order valence-corrected chi connectivity index (χ2v) is 5.67. The highest BCUT2D eigenvalue weighted by Gasteiger charge is 2.36. The van der Waals surface area contributed by atoms with Crippen molar-refractivity contribution < 1.29 is 14.3 Å². The van der Waals surface area contributed by atoms with Crippen molar-refractivity contribution in [2.75, 3.05) is 39.9 Å². The van der Waals surface area contributed by atoms with Gasteiger partial charge in [0.2, 0.25) is 0 Å². The zero-order chi connectivity index (χ0) is 15.0. The lowest BCUT2D eigenvalue weighted by molar-refractivity contribution is -0.151. The van der Waals surface area contributed by atoms with E-state index >= 15 is 0 Å². The lowest BCUT2D eigenvalue weighted by Gasteiger charge is -2.38. The number of likely N-dealkylation sites (tertiary alicyclic amines) is 1. The third kappa shape index (κ3) is 5.04. The fourth-order valence-electron chi connectivity index (χ4n) is 2.56. The van der Waals surface area contributed by atoms with E-state index in [0.29, 0.717) is 19.3 Å². The topological polar surface area (TPSA) is 50.8 Å². The van der Waals surface area contributed by atoms with Gasteiger partial charge in [-0.1, -0.05) is 6.92 Å². The minimum atomic E-state index is -0.650. The van der Waals surface area contributed by atoms with Crippen LogP contribution in [-0.2, 0) is 14.3 Å². The van der Waals surface area contributed by atoms with Gasteiger partial charge in [0.1, 0.15) is 5.54 Å². The van der Waals surface area contributed by atoms with Crippen LogP contribution in [0, 0.1) is 0 Å². The molecule has 0 aromatic carbocycles. The Hall–Kier alpha value is -0.650. The molecular weight excluding hydrogens is 256 g/mol. The Morgan fingerprint density at radius 3 is 2.80 bits per heavy atom. The molecule has 0 amide bonds. The fraction of sp³-hybridized carbons (Fsp3) is 0.933. The molecule has 0 spiro atoms. The molecule has 1 saturated heterocycles. The Labute approximate surface area is 123 Å². The maximum atomic E-state index is 12.1. The number of ether oxygens (including phenoxy) is 2. The molecule has 0 saturated carbocycles. The van der Waals surface area contributed by atoms with Crippen LogP contribution in [0.2, 0.25) is 0 Å². The van der Waals surface area contributed by atoms with E-state index in [1.165, 1.54) is 0 Å². The molecule has 20 heavy (non-hydrogen) atoms. The van der Waals surface area contributed by atoms with Crippen molar-refractivity contribution in [3.63, 3.8) is 0 Å². The first kappa shape index (κ1) is 17.4. The van der Waals surface area contributed by atoms with Crippen molar-refractivity contribution in [1.29, 1.82) is 0 Å². The van der Waals surface area contributed by atoms with Gasteiger partial charge in [-0.05, 0) is 46.7 Å². The van der Waals surface area contributed by atoms with Gasteiger partial charge in [-0.15, -0.1) is 0 Å². The molecule has 0 radical (unpaired) electrons. The van der Waals surface area contributed by atoms with Crippen LogP contribution in [0.25, 0.3) is 0 Å². The van der Waals surface area contributed by atoms with Crippen LogP contribution in [0.1, 0.15) is 40.0 Å². The first-order valence-electron chi connectivity index (χ1n) is 7.75. The summed E-state index contributed by atoms with van der Waals surface area (Å²) in [5, 5.41) is 3.11. The van der Waals surface area contributed by atoms with E-state index < -0.39 is 5.54 Å². The summed E-state index contributed by atoms with van der Waals surface area (Å²) in [6.45, 7) is 9.68. The number of piperidine rings is 1. The predicted octanol–water partition coefficient (Wildman–Crippen LogP) is 1.42. The van der Waals surface area contributed by atoms with Crippen LogP contribution < -0.4 is 5.32 Å². The highest BCUT2D eigenvalue weighted by molar-refractivity contribution is 5.80. The van der Waals surface area contributed by atoms with E-state index in [0.717, 1.165) is 39.0 Å². The summed E-state index contributed by atoms with van der Waals surface area (Å²) in [4.78, 5) is 14.4. The summed E-state index contributed by atoms with van der Waals surface area (Å²) in [5.41, 5.74) is -0.650. The molecule has 0 aliphatic carbocycles. The average molecular weight is 286 g/mol. The normalized spacial score (nSPS) is 23.3. The number of hydrogen-bond acceptors (Lipinski definition) is 5. The highest BCUT2D eigenvalue weighted by Crippen LogP contribution is 2.17. The van der Waals surface area contributed by atoms with Gasteiger partial charge in [0.25, 0.3) is 0 Å². The highest BCUT2D eigenvalue weighted by atomic mass is 16.5. The largest absolute Gasteiger partial charge is 0.465 e.